The van der Waals surface area contributed by atoms with Crippen LogP contribution >= 0.6 is 11.6 Å². The lowest BCUT2D eigenvalue weighted by Gasteiger charge is -2.08. The molecule has 0 spiro atoms. The van der Waals surface area contributed by atoms with E-state index in [1.54, 1.807) is 16.8 Å². The first-order valence-electron chi connectivity index (χ1n) is 9.72. The third-order valence-electron chi connectivity index (χ3n) is 4.74. The Morgan fingerprint density at radius 1 is 1.06 bits per heavy atom. The fourth-order valence-corrected chi connectivity index (χ4v) is 3.55. The van der Waals surface area contributed by atoms with Crippen molar-refractivity contribution in [3.05, 3.63) is 94.3 Å². The molecule has 0 fully saturated rings. The van der Waals surface area contributed by atoms with Gasteiger partial charge in [0.2, 0.25) is 5.95 Å². The zero-order valence-corrected chi connectivity index (χ0v) is 17.7. The van der Waals surface area contributed by atoms with Crippen LogP contribution in [-0.4, -0.2) is 25.7 Å². The van der Waals surface area contributed by atoms with Gasteiger partial charge in [0.1, 0.15) is 10.8 Å². The van der Waals surface area contributed by atoms with Gasteiger partial charge in [0.25, 0.3) is 5.91 Å². The second-order valence-corrected chi connectivity index (χ2v) is 7.54. The van der Waals surface area contributed by atoms with Crippen LogP contribution < -0.4 is 11.1 Å². The number of hydrogen-bond donors (Lipinski definition) is 2. The molecule has 7 nitrogen and oxygen atoms in total. The molecule has 0 atom stereocenters. The minimum Gasteiger partial charge on any atom is -0.368 e. The Bertz CT molecular complexity index is 1200. The Morgan fingerprint density at radius 2 is 1.84 bits per heavy atom. The van der Waals surface area contributed by atoms with Gasteiger partial charge in [-0.2, -0.15) is 5.10 Å². The first-order chi connectivity index (χ1) is 15.0. The van der Waals surface area contributed by atoms with Crippen LogP contribution in [0.5, 0.6) is 0 Å². The number of nitrogen functional groups attached to an aromatic ring is 1. The minimum atomic E-state index is -0.118. The van der Waals surface area contributed by atoms with Crippen molar-refractivity contribution in [2.24, 2.45) is 7.05 Å². The van der Waals surface area contributed by atoms with E-state index in [4.69, 9.17) is 17.3 Å². The molecule has 0 aliphatic carbocycles. The molecule has 156 valence electrons. The number of hydrogen-bond acceptors (Lipinski definition) is 5. The zero-order valence-electron chi connectivity index (χ0n) is 16.9. The van der Waals surface area contributed by atoms with E-state index in [0.717, 1.165) is 16.7 Å². The SMILES string of the molecule is Cn1cc(Cc2cccc(C(=O)NCc3ccccc3)c2)c(-c2cc(Cl)nc(N)n2)n1. The maximum atomic E-state index is 12.6. The largest absolute Gasteiger partial charge is 0.368 e. The fraction of sp³-hybridized carbons (Fsp3) is 0.130. The summed E-state index contributed by atoms with van der Waals surface area (Å²) in [6, 6.07) is 19.0. The van der Waals surface area contributed by atoms with Crippen LogP contribution in [0.3, 0.4) is 0 Å². The lowest BCUT2D eigenvalue weighted by atomic mass is 10.0. The molecule has 3 N–H and O–H groups in total. The van der Waals surface area contributed by atoms with Crippen LogP contribution in [0.2, 0.25) is 5.15 Å². The minimum absolute atomic E-state index is 0.0937. The number of carbonyl (C=O) groups excluding carboxylic acids is 1. The van der Waals surface area contributed by atoms with Crippen molar-refractivity contribution in [1.29, 1.82) is 0 Å². The molecule has 0 unspecified atom stereocenters. The van der Waals surface area contributed by atoms with Crippen LogP contribution in [0.25, 0.3) is 11.4 Å². The maximum absolute atomic E-state index is 12.6. The topological polar surface area (TPSA) is 98.7 Å². The highest BCUT2D eigenvalue weighted by atomic mass is 35.5. The number of nitrogens with one attached hydrogen (secondary N) is 1. The molecular formula is C23H21ClN6O. The van der Waals surface area contributed by atoms with E-state index in [0.29, 0.717) is 29.9 Å². The Morgan fingerprint density at radius 3 is 2.61 bits per heavy atom. The predicted octanol–water partition coefficient (Wildman–Crippen LogP) is 3.63. The van der Waals surface area contributed by atoms with Crippen molar-refractivity contribution in [3.8, 4) is 11.4 Å². The third-order valence-corrected chi connectivity index (χ3v) is 4.93. The highest BCUT2D eigenvalue weighted by Crippen LogP contribution is 2.25. The summed E-state index contributed by atoms with van der Waals surface area (Å²) in [5, 5.41) is 7.73. The second kappa shape index (κ2) is 8.97. The number of halogens is 1. The lowest BCUT2D eigenvalue weighted by Crippen LogP contribution is -2.22. The van der Waals surface area contributed by atoms with Crippen LogP contribution in [-0.2, 0) is 20.0 Å². The van der Waals surface area contributed by atoms with Gasteiger partial charge in [-0.25, -0.2) is 9.97 Å². The second-order valence-electron chi connectivity index (χ2n) is 7.16. The molecule has 0 bridgehead atoms. The molecule has 2 aromatic heterocycles. The number of rotatable bonds is 6. The lowest BCUT2D eigenvalue weighted by molar-refractivity contribution is 0.0951. The Hall–Kier alpha value is -3.71. The smallest absolute Gasteiger partial charge is 0.251 e. The molecular weight excluding hydrogens is 412 g/mol. The maximum Gasteiger partial charge on any atom is 0.251 e. The predicted molar refractivity (Wildman–Crippen MR) is 121 cm³/mol. The third kappa shape index (κ3) is 5.07. The van der Waals surface area contributed by atoms with Crippen molar-refractivity contribution in [3.63, 3.8) is 0 Å². The molecule has 0 saturated heterocycles. The molecule has 4 rings (SSSR count). The fourth-order valence-electron chi connectivity index (χ4n) is 3.36. The summed E-state index contributed by atoms with van der Waals surface area (Å²) < 4.78 is 1.72. The van der Waals surface area contributed by atoms with Gasteiger partial charge >= 0.3 is 0 Å². The molecule has 0 aliphatic rings. The Labute approximate surface area is 184 Å². The quantitative estimate of drug-likeness (QED) is 0.453. The van der Waals surface area contributed by atoms with Crippen LogP contribution in [0.15, 0.2) is 66.9 Å². The summed E-state index contributed by atoms with van der Waals surface area (Å²) in [5.41, 5.74) is 10.6. The molecule has 0 radical (unpaired) electrons. The van der Waals surface area contributed by atoms with E-state index in [1.165, 1.54) is 0 Å². The Balaban J connectivity index is 1.54. The number of anilines is 1. The van der Waals surface area contributed by atoms with E-state index in [2.05, 4.69) is 20.4 Å². The monoisotopic (exact) mass is 432 g/mol. The number of amides is 1. The van der Waals surface area contributed by atoms with Crippen LogP contribution in [0.4, 0.5) is 5.95 Å². The summed E-state index contributed by atoms with van der Waals surface area (Å²) in [6.45, 7) is 0.479. The summed E-state index contributed by atoms with van der Waals surface area (Å²) in [6.07, 6.45) is 2.49. The average Bonchev–Trinajstić information content (AvgIpc) is 3.12. The molecule has 1 amide bonds. The first kappa shape index (κ1) is 20.6. The number of aromatic nitrogens is 4. The van der Waals surface area contributed by atoms with Gasteiger partial charge in [-0.05, 0) is 23.3 Å². The van der Waals surface area contributed by atoms with Crippen molar-refractivity contribution in [2.75, 3.05) is 5.73 Å². The molecule has 0 aliphatic heterocycles. The summed E-state index contributed by atoms with van der Waals surface area (Å²) in [5.74, 6) is -0.0244. The van der Waals surface area contributed by atoms with E-state index in [9.17, 15) is 4.79 Å². The van der Waals surface area contributed by atoms with Gasteiger partial charge in [-0.3, -0.25) is 9.48 Å². The number of benzene rings is 2. The summed E-state index contributed by atoms with van der Waals surface area (Å²) >= 11 is 6.04. The van der Waals surface area contributed by atoms with Crippen molar-refractivity contribution in [1.82, 2.24) is 25.1 Å². The molecule has 0 saturated carbocycles. The van der Waals surface area contributed by atoms with Gasteiger partial charge in [-0.15, -0.1) is 0 Å². The van der Waals surface area contributed by atoms with Crippen molar-refractivity contribution >= 4 is 23.5 Å². The summed E-state index contributed by atoms with van der Waals surface area (Å²) in [7, 11) is 1.84. The van der Waals surface area contributed by atoms with Gasteiger partial charge in [-0.1, -0.05) is 54.1 Å². The van der Waals surface area contributed by atoms with Gasteiger partial charge in [0.15, 0.2) is 0 Å². The number of aryl methyl sites for hydroxylation is 1. The number of nitrogens with zero attached hydrogens (tertiary/aromatic N) is 4. The molecule has 8 heteroatoms. The number of carbonyl (C=O) groups is 1. The van der Waals surface area contributed by atoms with Crippen LogP contribution in [0.1, 0.15) is 27.0 Å². The Kier molecular flexibility index (Phi) is 5.95. The van der Waals surface area contributed by atoms with Crippen LogP contribution in [0, 0.1) is 0 Å². The standard InChI is InChI=1S/C23H21ClN6O/c1-30-14-18(21(29-30)19-12-20(24)28-23(25)27-19)11-16-8-5-9-17(10-16)22(31)26-13-15-6-3-2-4-7-15/h2-10,12,14H,11,13H2,1H3,(H,26,31)(H2,25,27,28). The van der Waals surface area contributed by atoms with Gasteiger partial charge in [0, 0.05) is 43.4 Å². The summed E-state index contributed by atoms with van der Waals surface area (Å²) in [4.78, 5) is 20.8. The van der Waals surface area contributed by atoms with E-state index in [1.807, 2.05) is 61.8 Å². The normalized spacial score (nSPS) is 10.8. The van der Waals surface area contributed by atoms with E-state index in [-0.39, 0.29) is 17.0 Å². The van der Waals surface area contributed by atoms with E-state index >= 15 is 0 Å². The molecule has 2 heterocycles. The average molecular weight is 433 g/mol. The van der Waals surface area contributed by atoms with Gasteiger partial charge < -0.3 is 11.1 Å². The molecule has 31 heavy (non-hydrogen) atoms. The van der Waals surface area contributed by atoms with Gasteiger partial charge in [0.05, 0.1) is 5.69 Å². The molecule has 2 aromatic carbocycles. The van der Waals surface area contributed by atoms with E-state index < -0.39 is 0 Å². The highest BCUT2D eigenvalue weighted by molar-refractivity contribution is 6.29. The van der Waals surface area contributed by atoms with Crippen molar-refractivity contribution in [2.45, 2.75) is 13.0 Å². The molecule has 4 aromatic rings. The number of nitrogens with two attached hydrogens (primary N) is 1. The first-order valence-corrected chi connectivity index (χ1v) is 10.1. The highest BCUT2D eigenvalue weighted by Gasteiger charge is 2.15. The van der Waals surface area contributed by atoms with Crippen molar-refractivity contribution < 1.29 is 4.79 Å². The zero-order chi connectivity index (χ0) is 21.8.